The molecule has 1 unspecified atom stereocenters. The summed E-state index contributed by atoms with van der Waals surface area (Å²) in [5, 5.41) is 6.55. The second-order valence-corrected chi connectivity index (χ2v) is 7.14. The second-order valence-electron chi connectivity index (χ2n) is 7.14. The molecule has 0 saturated heterocycles. The maximum Gasteiger partial charge on any atom is 0.229 e. The van der Waals surface area contributed by atoms with Gasteiger partial charge in [-0.2, -0.15) is 4.98 Å². The standard InChI is InChI=1S/C23H25N5O3/c1-14-9-20(30-3)21(31-4)12-18(14)27-23-24-8-7-22(28-23)26-16-10-15-5-6-17(29-2)11-19(15)25-13-16/h5-10,12-13,19H,11H2,1-4H3,(H2,24,26,27,28). The largest absolute Gasteiger partial charge is 0.501 e. The Labute approximate surface area is 181 Å². The van der Waals surface area contributed by atoms with Gasteiger partial charge in [0.1, 0.15) is 5.82 Å². The fraction of sp³-hybridized carbons (Fsp3) is 0.261. The Kier molecular flexibility index (Phi) is 5.88. The molecule has 1 aliphatic carbocycles. The van der Waals surface area contributed by atoms with Crippen LogP contribution in [0.4, 0.5) is 17.5 Å². The first kappa shape index (κ1) is 20.5. The summed E-state index contributed by atoms with van der Waals surface area (Å²) < 4.78 is 16.1. The number of allylic oxidation sites excluding steroid dienone is 3. The zero-order chi connectivity index (χ0) is 21.8. The molecule has 0 spiro atoms. The Morgan fingerprint density at radius 3 is 2.58 bits per heavy atom. The van der Waals surface area contributed by atoms with E-state index in [4.69, 9.17) is 14.2 Å². The summed E-state index contributed by atoms with van der Waals surface area (Å²) >= 11 is 0. The molecule has 8 nitrogen and oxygen atoms in total. The van der Waals surface area contributed by atoms with Crippen molar-refractivity contribution in [2.75, 3.05) is 32.0 Å². The molecule has 0 radical (unpaired) electrons. The molecule has 1 aromatic heterocycles. The van der Waals surface area contributed by atoms with E-state index in [-0.39, 0.29) is 6.04 Å². The van der Waals surface area contributed by atoms with Crippen molar-refractivity contribution >= 4 is 23.7 Å². The lowest BCUT2D eigenvalue weighted by molar-refractivity contribution is 0.272. The van der Waals surface area contributed by atoms with Gasteiger partial charge in [-0.15, -0.1) is 0 Å². The number of aryl methyl sites for hydroxylation is 1. The third kappa shape index (κ3) is 4.53. The summed E-state index contributed by atoms with van der Waals surface area (Å²) in [7, 11) is 4.91. The van der Waals surface area contributed by atoms with Gasteiger partial charge in [0.05, 0.1) is 38.8 Å². The lowest BCUT2D eigenvalue weighted by Crippen LogP contribution is -2.19. The number of nitrogens with zero attached hydrogens (tertiary/aromatic N) is 3. The van der Waals surface area contributed by atoms with Crippen LogP contribution in [-0.4, -0.2) is 43.6 Å². The van der Waals surface area contributed by atoms with Crippen molar-refractivity contribution in [2.24, 2.45) is 4.99 Å². The molecule has 1 aromatic carbocycles. The number of benzene rings is 1. The van der Waals surface area contributed by atoms with E-state index in [0.717, 1.165) is 34.7 Å². The monoisotopic (exact) mass is 419 g/mol. The summed E-state index contributed by atoms with van der Waals surface area (Å²) in [6.45, 7) is 1.98. The first-order valence-electron chi connectivity index (χ1n) is 9.89. The minimum Gasteiger partial charge on any atom is -0.501 e. The number of aliphatic imine (C=N–C) groups is 1. The smallest absolute Gasteiger partial charge is 0.229 e. The molecule has 0 fully saturated rings. The van der Waals surface area contributed by atoms with E-state index in [2.05, 4.69) is 31.7 Å². The Balaban J connectivity index is 1.51. The fourth-order valence-electron chi connectivity index (χ4n) is 3.44. The molecule has 2 aromatic rings. The van der Waals surface area contributed by atoms with Gasteiger partial charge in [0.25, 0.3) is 0 Å². The minimum absolute atomic E-state index is 0.0983. The highest BCUT2D eigenvalue weighted by Crippen LogP contribution is 2.34. The quantitative estimate of drug-likeness (QED) is 0.697. The molecule has 31 heavy (non-hydrogen) atoms. The number of methoxy groups -OCH3 is 3. The van der Waals surface area contributed by atoms with Crippen LogP contribution in [0.15, 0.2) is 64.6 Å². The van der Waals surface area contributed by atoms with Gasteiger partial charge in [0, 0.05) is 30.6 Å². The van der Waals surface area contributed by atoms with Crippen LogP contribution in [0.25, 0.3) is 0 Å². The topological polar surface area (TPSA) is 89.9 Å². The molecule has 8 heteroatoms. The van der Waals surface area contributed by atoms with Crippen LogP contribution >= 0.6 is 0 Å². The van der Waals surface area contributed by atoms with Crippen LogP contribution in [-0.2, 0) is 4.74 Å². The lowest BCUT2D eigenvalue weighted by atomic mass is 9.95. The molecule has 0 amide bonds. The van der Waals surface area contributed by atoms with Crippen LogP contribution in [0.3, 0.4) is 0 Å². The summed E-state index contributed by atoms with van der Waals surface area (Å²) in [5.41, 5.74) is 3.83. The van der Waals surface area contributed by atoms with Crippen molar-refractivity contribution in [3.63, 3.8) is 0 Å². The van der Waals surface area contributed by atoms with Gasteiger partial charge in [-0.05, 0) is 42.3 Å². The van der Waals surface area contributed by atoms with Crippen molar-refractivity contribution in [3.05, 3.63) is 65.2 Å². The molecule has 2 N–H and O–H groups in total. The molecular formula is C23H25N5O3. The highest BCUT2D eigenvalue weighted by atomic mass is 16.5. The maximum absolute atomic E-state index is 5.39. The predicted molar refractivity (Wildman–Crippen MR) is 121 cm³/mol. The molecule has 2 aliphatic rings. The average Bonchev–Trinajstić information content (AvgIpc) is 2.80. The molecule has 2 heterocycles. The predicted octanol–water partition coefficient (Wildman–Crippen LogP) is 4.16. The van der Waals surface area contributed by atoms with Gasteiger partial charge in [-0.1, -0.05) is 6.08 Å². The zero-order valence-corrected chi connectivity index (χ0v) is 18.0. The van der Waals surface area contributed by atoms with E-state index in [1.807, 2.05) is 43.5 Å². The van der Waals surface area contributed by atoms with Crippen molar-refractivity contribution in [2.45, 2.75) is 19.4 Å². The van der Waals surface area contributed by atoms with E-state index in [1.165, 1.54) is 0 Å². The first-order chi connectivity index (χ1) is 15.1. The Hall–Kier alpha value is -3.81. The van der Waals surface area contributed by atoms with Crippen LogP contribution in [0.5, 0.6) is 11.5 Å². The van der Waals surface area contributed by atoms with Gasteiger partial charge in [0.2, 0.25) is 5.95 Å². The van der Waals surface area contributed by atoms with Crippen LogP contribution in [0.2, 0.25) is 0 Å². The van der Waals surface area contributed by atoms with E-state index >= 15 is 0 Å². The van der Waals surface area contributed by atoms with E-state index in [0.29, 0.717) is 23.3 Å². The van der Waals surface area contributed by atoms with E-state index in [1.54, 1.807) is 27.5 Å². The van der Waals surface area contributed by atoms with Crippen molar-refractivity contribution < 1.29 is 14.2 Å². The van der Waals surface area contributed by atoms with Gasteiger partial charge in [0.15, 0.2) is 11.5 Å². The number of hydrogen-bond donors (Lipinski definition) is 2. The number of rotatable bonds is 7. The number of ether oxygens (including phenoxy) is 3. The normalized spacial score (nSPS) is 17.0. The average molecular weight is 419 g/mol. The van der Waals surface area contributed by atoms with E-state index in [9.17, 15) is 0 Å². The molecule has 0 saturated carbocycles. The molecule has 0 bridgehead atoms. The van der Waals surface area contributed by atoms with Crippen LogP contribution in [0, 0.1) is 6.92 Å². The lowest BCUT2D eigenvalue weighted by Gasteiger charge is -2.23. The SMILES string of the molecule is COC1=CC=C2C=C(Nc3ccnc(Nc4cc(OC)c(OC)cc4C)n3)C=NC2C1. The van der Waals surface area contributed by atoms with Crippen molar-refractivity contribution in [3.8, 4) is 11.5 Å². The fourth-order valence-corrected chi connectivity index (χ4v) is 3.44. The van der Waals surface area contributed by atoms with Crippen molar-refractivity contribution in [1.29, 1.82) is 0 Å². The number of nitrogens with one attached hydrogen (secondary N) is 2. The highest BCUT2D eigenvalue weighted by molar-refractivity contribution is 5.85. The molecule has 4 rings (SSSR count). The summed E-state index contributed by atoms with van der Waals surface area (Å²) in [5.74, 6) is 3.38. The molecular weight excluding hydrogens is 394 g/mol. The van der Waals surface area contributed by atoms with Gasteiger partial charge >= 0.3 is 0 Å². The molecule has 1 aliphatic heterocycles. The number of dihydropyridines is 1. The van der Waals surface area contributed by atoms with Gasteiger partial charge in [-0.25, -0.2) is 4.98 Å². The second kappa shape index (κ2) is 8.91. The number of fused-ring (bicyclic) bond motifs is 1. The molecule has 160 valence electrons. The molecule has 1 atom stereocenters. The van der Waals surface area contributed by atoms with Gasteiger partial charge < -0.3 is 24.8 Å². The highest BCUT2D eigenvalue weighted by Gasteiger charge is 2.20. The number of hydrogen-bond acceptors (Lipinski definition) is 8. The maximum atomic E-state index is 5.39. The van der Waals surface area contributed by atoms with Crippen LogP contribution < -0.4 is 20.1 Å². The Bertz CT molecular complexity index is 1100. The number of anilines is 3. The summed E-state index contributed by atoms with van der Waals surface area (Å²) in [6, 6.07) is 5.68. The van der Waals surface area contributed by atoms with Crippen molar-refractivity contribution in [1.82, 2.24) is 9.97 Å². The zero-order valence-electron chi connectivity index (χ0n) is 18.0. The Morgan fingerprint density at radius 2 is 1.81 bits per heavy atom. The van der Waals surface area contributed by atoms with Gasteiger partial charge in [-0.3, -0.25) is 4.99 Å². The summed E-state index contributed by atoms with van der Waals surface area (Å²) in [4.78, 5) is 13.5. The minimum atomic E-state index is 0.0983. The third-order valence-corrected chi connectivity index (χ3v) is 5.12. The third-order valence-electron chi connectivity index (χ3n) is 5.12. The van der Waals surface area contributed by atoms with Crippen LogP contribution in [0.1, 0.15) is 12.0 Å². The Morgan fingerprint density at radius 1 is 1.00 bits per heavy atom. The summed E-state index contributed by atoms with van der Waals surface area (Å²) in [6.07, 6.45) is 10.4. The number of aromatic nitrogens is 2. The van der Waals surface area contributed by atoms with E-state index < -0.39 is 0 Å². The first-order valence-corrected chi connectivity index (χ1v) is 9.89.